The van der Waals surface area contributed by atoms with Crippen LogP contribution in [-0.4, -0.2) is 4.57 Å². The number of para-hydroxylation sites is 1. The summed E-state index contributed by atoms with van der Waals surface area (Å²) < 4.78 is 2.30. The molecule has 0 N–H and O–H groups in total. The van der Waals surface area contributed by atoms with Gasteiger partial charge in [0, 0.05) is 16.5 Å². The molecule has 0 aliphatic rings. The predicted octanol–water partition coefficient (Wildman–Crippen LogP) is 12.0. The summed E-state index contributed by atoms with van der Waals surface area (Å²) in [6.07, 6.45) is 0. The molecule has 1 aromatic heterocycles. The van der Waals surface area contributed by atoms with Crippen molar-refractivity contribution in [2.24, 2.45) is 0 Å². The zero-order valence-corrected chi connectivity index (χ0v) is 25.4. The zero-order valence-electron chi connectivity index (χ0n) is 25.4. The van der Waals surface area contributed by atoms with Crippen LogP contribution < -0.4 is 0 Å². The number of hydrogen-bond donors (Lipinski definition) is 0. The van der Waals surface area contributed by atoms with Gasteiger partial charge in [-0.05, 0) is 114 Å². The first kappa shape index (κ1) is 25.9. The Morgan fingerprint density at radius 1 is 0.404 bits per heavy atom. The Morgan fingerprint density at radius 2 is 0.957 bits per heavy atom. The molecule has 0 aliphatic carbocycles. The van der Waals surface area contributed by atoms with Gasteiger partial charge < -0.3 is 4.57 Å². The van der Waals surface area contributed by atoms with Gasteiger partial charge in [-0.1, -0.05) is 109 Å². The molecule has 0 spiro atoms. The highest BCUT2D eigenvalue weighted by Gasteiger charge is 2.18. The van der Waals surface area contributed by atoms with Crippen LogP contribution in [0.4, 0.5) is 0 Å². The maximum Gasteiger partial charge on any atom is 0.0991 e. The van der Waals surface area contributed by atoms with E-state index in [1.807, 2.05) is 18.2 Å². The molecule has 9 aromatic carbocycles. The largest absolute Gasteiger partial charge is 0.309 e. The fourth-order valence-electron chi connectivity index (χ4n) is 7.78. The van der Waals surface area contributed by atoms with E-state index in [-0.39, 0.29) is 0 Å². The van der Waals surface area contributed by atoms with E-state index in [1.165, 1.54) is 65.3 Å². The van der Waals surface area contributed by atoms with E-state index in [1.54, 1.807) is 0 Å². The number of hydrogen-bond acceptors (Lipinski definition) is 1. The summed E-state index contributed by atoms with van der Waals surface area (Å²) in [5, 5.41) is 22.1. The normalized spacial score (nSPS) is 11.8. The van der Waals surface area contributed by atoms with Crippen molar-refractivity contribution in [3.63, 3.8) is 0 Å². The van der Waals surface area contributed by atoms with Gasteiger partial charge in [-0.15, -0.1) is 0 Å². The number of nitriles is 1. The van der Waals surface area contributed by atoms with Crippen LogP contribution in [0.25, 0.3) is 92.8 Å². The van der Waals surface area contributed by atoms with E-state index in [4.69, 9.17) is 0 Å². The molecule has 0 saturated heterocycles. The lowest BCUT2D eigenvalue weighted by molar-refractivity contribution is 1.18. The second-order valence-corrected chi connectivity index (χ2v) is 12.5. The fourth-order valence-corrected chi connectivity index (χ4v) is 7.78. The van der Waals surface area contributed by atoms with E-state index in [0.717, 1.165) is 27.5 Å². The summed E-state index contributed by atoms with van der Waals surface area (Å²) >= 11 is 0. The van der Waals surface area contributed by atoms with E-state index in [0.29, 0.717) is 5.56 Å². The van der Waals surface area contributed by atoms with Gasteiger partial charge in [0.1, 0.15) is 0 Å². The Bertz CT molecular complexity index is 2900. The van der Waals surface area contributed by atoms with Gasteiger partial charge in [-0.2, -0.15) is 5.26 Å². The average molecular weight is 595 g/mol. The van der Waals surface area contributed by atoms with Crippen LogP contribution in [0, 0.1) is 11.3 Å². The van der Waals surface area contributed by atoms with E-state index in [2.05, 4.69) is 150 Å². The van der Waals surface area contributed by atoms with Crippen molar-refractivity contribution >= 4 is 64.9 Å². The molecular weight excluding hydrogens is 569 g/mol. The minimum atomic E-state index is 0.667. The van der Waals surface area contributed by atoms with E-state index in [9.17, 15) is 5.26 Å². The van der Waals surface area contributed by atoms with Crippen LogP contribution in [0.15, 0.2) is 158 Å². The number of fused-ring (bicyclic) bond motifs is 4. The molecule has 0 radical (unpaired) electrons. The van der Waals surface area contributed by atoms with Crippen LogP contribution in [0.1, 0.15) is 5.56 Å². The SMILES string of the molecule is N#Cc1ccc2c(c1)c1cc(-c3ccc4ccc5c(-c6ccc7ccccc7c6)ccc6ccc3c4c65)ccc1n2-c1ccccc1. The van der Waals surface area contributed by atoms with Gasteiger partial charge in [0.25, 0.3) is 0 Å². The van der Waals surface area contributed by atoms with Gasteiger partial charge in [-0.3, -0.25) is 0 Å². The molecule has 10 aromatic rings. The summed E-state index contributed by atoms with van der Waals surface area (Å²) in [4.78, 5) is 0. The number of rotatable bonds is 3. The van der Waals surface area contributed by atoms with Crippen molar-refractivity contribution in [2.45, 2.75) is 0 Å². The van der Waals surface area contributed by atoms with Crippen molar-refractivity contribution in [1.29, 1.82) is 5.26 Å². The van der Waals surface area contributed by atoms with Gasteiger partial charge in [0.15, 0.2) is 0 Å². The lowest BCUT2D eigenvalue weighted by Gasteiger charge is -2.17. The molecule has 0 fully saturated rings. The lowest BCUT2D eigenvalue weighted by atomic mass is 9.87. The molecule has 47 heavy (non-hydrogen) atoms. The van der Waals surface area contributed by atoms with E-state index < -0.39 is 0 Å². The first-order valence-electron chi connectivity index (χ1n) is 16.0. The first-order valence-corrected chi connectivity index (χ1v) is 16.0. The maximum atomic E-state index is 9.76. The highest BCUT2D eigenvalue weighted by Crippen LogP contribution is 2.44. The standard InChI is InChI=1S/C45H26N2/c46-27-28-10-22-42-40(24-28)41-26-34(17-23-43(41)47(42)35-8-2-1-3-9-35)37-19-14-31-15-20-38-36(18-13-30-16-21-39(37)45(31)44(30)38)33-12-11-29-6-4-5-7-32(29)25-33/h1-26H. The molecule has 216 valence electrons. The predicted molar refractivity (Wildman–Crippen MR) is 198 cm³/mol. The molecule has 0 saturated carbocycles. The molecule has 0 atom stereocenters. The molecule has 2 heteroatoms. The number of benzene rings is 9. The Kier molecular flexibility index (Phi) is 5.38. The lowest BCUT2D eigenvalue weighted by Crippen LogP contribution is -1.93. The zero-order chi connectivity index (χ0) is 31.1. The third-order valence-electron chi connectivity index (χ3n) is 9.94. The van der Waals surface area contributed by atoms with Gasteiger partial charge in [0.2, 0.25) is 0 Å². The quantitative estimate of drug-likeness (QED) is 0.187. The Morgan fingerprint density at radius 3 is 1.66 bits per heavy atom. The Hall–Kier alpha value is -6.43. The monoisotopic (exact) mass is 594 g/mol. The topological polar surface area (TPSA) is 28.7 Å². The van der Waals surface area contributed by atoms with Gasteiger partial charge in [0.05, 0.1) is 22.7 Å². The van der Waals surface area contributed by atoms with Crippen molar-refractivity contribution in [3.05, 3.63) is 163 Å². The average Bonchev–Trinajstić information content (AvgIpc) is 3.46. The second kappa shape index (κ2) is 9.78. The van der Waals surface area contributed by atoms with Crippen molar-refractivity contribution in [2.75, 3.05) is 0 Å². The third-order valence-corrected chi connectivity index (χ3v) is 9.94. The molecule has 10 rings (SSSR count). The molecule has 0 unspecified atom stereocenters. The van der Waals surface area contributed by atoms with Crippen LogP contribution in [-0.2, 0) is 0 Å². The molecular formula is C45H26N2. The highest BCUT2D eigenvalue weighted by molar-refractivity contribution is 6.28. The molecule has 0 bridgehead atoms. The smallest absolute Gasteiger partial charge is 0.0991 e. The van der Waals surface area contributed by atoms with Crippen molar-refractivity contribution in [3.8, 4) is 34.0 Å². The minimum absolute atomic E-state index is 0.667. The summed E-state index contributed by atoms with van der Waals surface area (Å²) in [6, 6.07) is 59.2. The maximum absolute atomic E-state index is 9.76. The minimum Gasteiger partial charge on any atom is -0.309 e. The summed E-state index contributed by atoms with van der Waals surface area (Å²) in [7, 11) is 0. The van der Waals surface area contributed by atoms with Crippen molar-refractivity contribution in [1.82, 2.24) is 4.57 Å². The van der Waals surface area contributed by atoms with Crippen LogP contribution in [0.3, 0.4) is 0 Å². The van der Waals surface area contributed by atoms with Crippen LogP contribution >= 0.6 is 0 Å². The molecule has 0 aliphatic heterocycles. The summed E-state index contributed by atoms with van der Waals surface area (Å²) in [6.45, 7) is 0. The highest BCUT2D eigenvalue weighted by atomic mass is 15.0. The van der Waals surface area contributed by atoms with Gasteiger partial charge in [-0.25, -0.2) is 0 Å². The Labute approximate surface area is 271 Å². The van der Waals surface area contributed by atoms with Crippen LogP contribution in [0.2, 0.25) is 0 Å². The Balaban J connectivity index is 1.22. The van der Waals surface area contributed by atoms with Gasteiger partial charge >= 0.3 is 0 Å². The fraction of sp³-hybridized carbons (Fsp3) is 0. The third kappa shape index (κ3) is 3.78. The summed E-state index contributed by atoms with van der Waals surface area (Å²) in [5.74, 6) is 0. The van der Waals surface area contributed by atoms with Crippen molar-refractivity contribution < 1.29 is 0 Å². The van der Waals surface area contributed by atoms with Crippen LogP contribution in [0.5, 0.6) is 0 Å². The molecule has 2 nitrogen and oxygen atoms in total. The summed E-state index contributed by atoms with van der Waals surface area (Å²) in [5.41, 5.74) is 8.86. The second-order valence-electron chi connectivity index (χ2n) is 12.5. The van der Waals surface area contributed by atoms with E-state index >= 15 is 0 Å². The number of aromatic nitrogens is 1. The number of nitrogens with zero attached hydrogens (tertiary/aromatic N) is 2. The first-order chi connectivity index (χ1) is 23.2. The molecule has 0 amide bonds. The molecule has 1 heterocycles.